The lowest BCUT2D eigenvalue weighted by atomic mass is 10.0. The van der Waals surface area contributed by atoms with Crippen LogP contribution in [0.3, 0.4) is 0 Å². The Bertz CT molecular complexity index is 376. The fourth-order valence-corrected chi connectivity index (χ4v) is 1.48. The number of benzene rings is 1. The van der Waals surface area contributed by atoms with Crippen molar-refractivity contribution in [3.8, 4) is 0 Å². The molecule has 3 N–H and O–H groups in total. The molecule has 0 aliphatic carbocycles. The SMILES string of the molecule is CC[C@@H](C)[C@@H](O)CNC(=O)Nc1ccc(C)cc1. The van der Waals surface area contributed by atoms with Crippen LogP contribution in [0.25, 0.3) is 0 Å². The third kappa shape index (κ3) is 4.75. The molecule has 0 unspecified atom stereocenters. The summed E-state index contributed by atoms with van der Waals surface area (Å²) in [6.45, 7) is 6.24. The van der Waals surface area contributed by atoms with Crippen LogP contribution in [-0.2, 0) is 0 Å². The number of amides is 2. The first-order valence-electron chi connectivity index (χ1n) is 6.32. The molecule has 0 heterocycles. The predicted molar refractivity (Wildman–Crippen MR) is 73.7 cm³/mol. The van der Waals surface area contributed by atoms with Crippen molar-refractivity contribution < 1.29 is 9.90 Å². The molecule has 0 spiro atoms. The van der Waals surface area contributed by atoms with Gasteiger partial charge in [0.05, 0.1) is 6.10 Å². The van der Waals surface area contributed by atoms with E-state index in [4.69, 9.17) is 0 Å². The summed E-state index contributed by atoms with van der Waals surface area (Å²) in [5.74, 6) is 0.185. The maximum Gasteiger partial charge on any atom is 0.319 e. The molecule has 0 saturated heterocycles. The lowest BCUT2D eigenvalue weighted by Crippen LogP contribution is -2.37. The van der Waals surface area contributed by atoms with Crippen molar-refractivity contribution in [1.29, 1.82) is 0 Å². The van der Waals surface area contributed by atoms with Gasteiger partial charge in [-0.2, -0.15) is 0 Å². The fourth-order valence-electron chi connectivity index (χ4n) is 1.48. The Balaban J connectivity index is 2.36. The van der Waals surface area contributed by atoms with E-state index in [2.05, 4.69) is 10.6 Å². The quantitative estimate of drug-likeness (QED) is 0.752. The second kappa shape index (κ2) is 7.01. The van der Waals surface area contributed by atoms with E-state index in [0.29, 0.717) is 0 Å². The summed E-state index contributed by atoms with van der Waals surface area (Å²) in [5.41, 5.74) is 1.89. The summed E-state index contributed by atoms with van der Waals surface area (Å²) in [7, 11) is 0. The largest absolute Gasteiger partial charge is 0.391 e. The third-order valence-electron chi connectivity index (χ3n) is 3.08. The highest BCUT2D eigenvalue weighted by Gasteiger charge is 2.13. The van der Waals surface area contributed by atoms with Gasteiger partial charge in [0.15, 0.2) is 0 Å². The molecule has 0 saturated carbocycles. The lowest BCUT2D eigenvalue weighted by molar-refractivity contribution is 0.115. The van der Waals surface area contributed by atoms with Gasteiger partial charge in [0.2, 0.25) is 0 Å². The Morgan fingerprint density at radius 3 is 2.50 bits per heavy atom. The molecule has 0 aliphatic heterocycles. The smallest absolute Gasteiger partial charge is 0.319 e. The first-order chi connectivity index (χ1) is 8.52. The monoisotopic (exact) mass is 250 g/mol. The molecule has 1 aromatic rings. The minimum absolute atomic E-state index is 0.185. The molecule has 4 heteroatoms. The summed E-state index contributed by atoms with van der Waals surface area (Å²) < 4.78 is 0. The van der Waals surface area contributed by atoms with Crippen LogP contribution in [0.15, 0.2) is 24.3 Å². The number of rotatable bonds is 5. The van der Waals surface area contributed by atoms with Crippen LogP contribution in [-0.4, -0.2) is 23.8 Å². The molecule has 0 aliphatic rings. The van der Waals surface area contributed by atoms with Gasteiger partial charge in [-0.25, -0.2) is 4.79 Å². The minimum atomic E-state index is -0.501. The van der Waals surface area contributed by atoms with Crippen molar-refractivity contribution in [2.45, 2.75) is 33.3 Å². The van der Waals surface area contributed by atoms with Gasteiger partial charge in [0.1, 0.15) is 0 Å². The summed E-state index contributed by atoms with van der Waals surface area (Å²) in [6.07, 6.45) is 0.390. The van der Waals surface area contributed by atoms with Crippen molar-refractivity contribution in [3.63, 3.8) is 0 Å². The molecule has 18 heavy (non-hydrogen) atoms. The molecule has 1 aromatic carbocycles. The van der Waals surface area contributed by atoms with E-state index in [-0.39, 0.29) is 18.5 Å². The number of aryl methyl sites for hydroxylation is 1. The molecule has 0 bridgehead atoms. The van der Waals surface area contributed by atoms with Crippen LogP contribution in [0.1, 0.15) is 25.8 Å². The van der Waals surface area contributed by atoms with Gasteiger partial charge in [0, 0.05) is 12.2 Å². The number of anilines is 1. The van der Waals surface area contributed by atoms with Crippen molar-refractivity contribution in [2.75, 3.05) is 11.9 Å². The Labute approximate surface area is 108 Å². The number of carbonyl (C=O) groups is 1. The van der Waals surface area contributed by atoms with Crippen LogP contribution in [0.4, 0.5) is 10.5 Å². The maximum atomic E-state index is 11.6. The number of aliphatic hydroxyl groups is 1. The van der Waals surface area contributed by atoms with Gasteiger partial charge in [-0.3, -0.25) is 0 Å². The summed E-state index contributed by atoms with van der Waals surface area (Å²) in [4.78, 5) is 11.6. The number of carbonyl (C=O) groups excluding carboxylic acids is 1. The van der Waals surface area contributed by atoms with E-state index in [1.54, 1.807) is 0 Å². The lowest BCUT2D eigenvalue weighted by Gasteiger charge is -2.17. The van der Waals surface area contributed by atoms with Crippen LogP contribution in [0, 0.1) is 12.8 Å². The molecule has 2 atom stereocenters. The standard InChI is InChI=1S/C14H22N2O2/c1-4-11(3)13(17)9-15-14(18)16-12-7-5-10(2)6-8-12/h5-8,11,13,17H,4,9H2,1-3H3,(H2,15,16,18)/t11-,13+/m1/s1. The fraction of sp³-hybridized carbons (Fsp3) is 0.500. The number of hydrogen-bond donors (Lipinski definition) is 3. The van der Waals surface area contributed by atoms with E-state index < -0.39 is 6.10 Å². The Morgan fingerprint density at radius 1 is 1.33 bits per heavy atom. The Kier molecular flexibility index (Phi) is 5.65. The van der Waals surface area contributed by atoms with E-state index in [9.17, 15) is 9.90 Å². The molecule has 0 aromatic heterocycles. The Hall–Kier alpha value is -1.55. The summed E-state index contributed by atoms with van der Waals surface area (Å²) in [5, 5.41) is 15.1. The average molecular weight is 250 g/mol. The Morgan fingerprint density at radius 2 is 1.94 bits per heavy atom. The minimum Gasteiger partial charge on any atom is -0.391 e. The predicted octanol–water partition coefficient (Wildman–Crippen LogP) is 2.52. The summed E-state index contributed by atoms with van der Waals surface area (Å²) in [6, 6.07) is 7.27. The molecule has 100 valence electrons. The van der Waals surface area contributed by atoms with Crippen LogP contribution in [0.2, 0.25) is 0 Å². The van der Waals surface area contributed by atoms with Gasteiger partial charge >= 0.3 is 6.03 Å². The van der Waals surface area contributed by atoms with Gasteiger partial charge in [-0.05, 0) is 25.0 Å². The van der Waals surface area contributed by atoms with Crippen LogP contribution >= 0.6 is 0 Å². The highest BCUT2D eigenvalue weighted by molar-refractivity contribution is 5.89. The molecule has 0 fully saturated rings. The molecular weight excluding hydrogens is 228 g/mol. The van der Waals surface area contributed by atoms with Gasteiger partial charge in [-0.15, -0.1) is 0 Å². The van der Waals surface area contributed by atoms with E-state index >= 15 is 0 Å². The third-order valence-corrected chi connectivity index (χ3v) is 3.08. The summed E-state index contributed by atoms with van der Waals surface area (Å²) >= 11 is 0. The van der Waals surface area contributed by atoms with E-state index in [1.165, 1.54) is 0 Å². The second-order valence-electron chi connectivity index (χ2n) is 4.65. The molecule has 4 nitrogen and oxygen atoms in total. The van der Waals surface area contributed by atoms with Gasteiger partial charge in [-0.1, -0.05) is 38.0 Å². The van der Waals surface area contributed by atoms with Crippen molar-refractivity contribution in [3.05, 3.63) is 29.8 Å². The molecular formula is C14H22N2O2. The van der Waals surface area contributed by atoms with E-state index in [1.807, 2.05) is 45.0 Å². The number of aliphatic hydroxyl groups excluding tert-OH is 1. The highest BCUT2D eigenvalue weighted by Crippen LogP contribution is 2.09. The zero-order valence-corrected chi connectivity index (χ0v) is 11.2. The first kappa shape index (κ1) is 14.5. The maximum absolute atomic E-state index is 11.6. The van der Waals surface area contributed by atoms with Gasteiger partial charge in [0.25, 0.3) is 0 Å². The van der Waals surface area contributed by atoms with Gasteiger partial charge < -0.3 is 15.7 Å². The molecule has 1 rings (SSSR count). The number of urea groups is 1. The number of nitrogens with one attached hydrogen (secondary N) is 2. The number of hydrogen-bond acceptors (Lipinski definition) is 2. The zero-order chi connectivity index (χ0) is 13.5. The zero-order valence-electron chi connectivity index (χ0n) is 11.2. The van der Waals surface area contributed by atoms with Crippen LogP contribution in [0.5, 0.6) is 0 Å². The molecule has 0 radical (unpaired) electrons. The van der Waals surface area contributed by atoms with Crippen molar-refractivity contribution in [2.24, 2.45) is 5.92 Å². The van der Waals surface area contributed by atoms with Crippen molar-refractivity contribution >= 4 is 11.7 Å². The highest BCUT2D eigenvalue weighted by atomic mass is 16.3. The second-order valence-corrected chi connectivity index (χ2v) is 4.65. The van der Waals surface area contributed by atoms with Crippen molar-refractivity contribution in [1.82, 2.24) is 5.32 Å². The van der Waals surface area contributed by atoms with Crippen LogP contribution < -0.4 is 10.6 Å². The normalized spacial score (nSPS) is 13.8. The topological polar surface area (TPSA) is 61.4 Å². The average Bonchev–Trinajstić information content (AvgIpc) is 2.37. The first-order valence-corrected chi connectivity index (χ1v) is 6.32. The van der Waals surface area contributed by atoms with E-state index in [0.717, 1.165) is 17.7 Å². The molecule has 2 amide bonds.